The Morgan fingerprint density at radius 1 is 1.35 bits per heavy atom. The molecule has 3 rings (SSSR count). The van der Waals surface area contributed by atoms with Crippen LogP contribution in [-0.2, 0) is 0 Å². The first-order valence-electron chi connectivity index (χ1n) is 7.71. The number of hydrogen-bond acceptors (Lipinski definition) is 2. The molecule has 2 heterocycles. The van der Waals surface area contributed by atoms with E-state index in [1.807, 2.05) is 25.1 Å². The Kier molecular flexibility index (Phi) is 4.62. The predicted octanol–water partition coefficient (Wildman–Crippen LogP) is 4.20. The monoisotopic (exact) mass is 332 g/mol. The molecule has 3 nitrogen and oxygen atoms in total. The maximum Gasteiger partial charge on any atom is 0.254 e. The van der Waals surface area contributed by atoms with E-state index in [1.54, 1.807) is 11.0 Å². The van der Waals surface area contributed by atoms with Gasteiger partial charge in [-0.3, -0.25) is 4.79 Å². The summed E-state index contributed by atoms with van der Waals surface area (Å²) in [5.74, 6) is -0.475. The van der Waals surface area contributed by atoms with Gasteiger partial charge in [0.25, 0.3) is 5.91 Å². The number of amides is 1. The topological polar surface area (TPSA) is 33.2 Å². The summed E-state index contributed by atoms with van der Waals surface area (Å²) >= 11 is 6.02. The molecule has 1 aliphatic rings. The molecule has 5 heteroatoms. The number of likely N-dealkylation sites (tertiary alicyclic amines) is 1. The van der Waals surface area contributed by atoms with Gasteiger partial charge in [0.05, 0.1) is 0 Å². The van der Waals surface area contributed by atoms with Gasteiger partial charge in [-0.05, 0) is 49.1 Å². The Balaban J connectivity index is 1.79. The van der Waals surface area contributed by atoms with Gasteiger partial charge in [-0.1, -0.05) is 17.7 Å². The third kappa shape index (κ3) is 3.53. The molecule has 2 aromatic rings. The van der Waals surface area contributed by atoms with Crippen molar-refractivity contribution in [3.8, 4) is 0 Å². The molecule has 0 bridgehead atoms. The van der Waals surface area contributed by atoms with Crippen molar-refractivity contribution < 1.29 is 9.18 Å². The number of aromatic nitrogens is 1. The quantitative estimate of drug-likeness (QED) is 0.772. The minimum atomic E-state index is -0.627. The van der Waals surface area contributed by atoms with Crippen molar-refractivity contribution in [1.29, 1.82) is 0 Å². The Morgan fingerprint density at radius 2 is 2.17 bits per heavy atom. The molecule has 0 radical (unpaired) electrons. The van der Waals surface area contributed by atoms with Gasteiger partial charge >= 0.3 is 0 Å². The summed E-state index contributed by atoms with van der Waals surface area (Å²) in [5, 5.41) is 0.724. The molecule has 120 valence electrons. The lowest BCUT2D eigenvalue weighted by Crippen LogP contribution is -2.39. The number of hydrogen-bond donors (Lipinski definition) is 0. The number of piperidine rings is 1. The molecular formula is C18H18ClFN2O. The molecule has 1 aromatic carbocycles. The van der Waals surface area contributed by atoms with Crippen LogP contribution in [-0.4, -0.2) is 28.9 Å². The second-order valence-electron chi connectivity index (χ2n) is 5.96. The molecule has 1 amide bonds. The van der Waals surface area contributed by atoms with Gasteiger partial charge in [0.2, 0.25) is 5.95 Å². The summed E-state index contributed by atoms with van der Waals surface area (Å²) in [4.78, 5) is 17.9. The summed E-state index contributed by atoms with van der Waals surface area (Å²) in [6, 6.07) is 8.64. The zero-order valence-electron chi connectivity index (χ0n) is 12.9. The first-order chi connectivity index (χ1) is 11.0. The van der Waals surface area contributed by atoms with E-state index in [-0.39, 0.29) is 11.8 Å². The van der Waals surface area contributed by atoms with Gasteiger partial charge in [0, 0.05) is 41.9 Å². The summed E-state index contributed by atoms with van der Waals surface area (Å²) in [6.45, 7) is 3.39. The fourth-order valence-electron chi connectivity index (χ4n) is 3.23. The zero-order chi connectivity index (χ0) is 16.4. The van der Waals surface area contributed by atoms with E-state index >= 15 is 0 Å². The van der Waals surface area contributed by atoms with Crippen molar-refractivity contribution in [2.24, 2.45) is 0 Å². The molecule has 1 fully saturated rings. The summed E-state index contributed by atoms with van der Waals surface area (Å²) in [5.41, 5.74) is 2.73. The normalized spacial score (nSPS) is 18.0. The van der Waals surface area contributed by atoms with Crippen LogP contribution >= 0.6 is 11.6 Å². The fraction of sp³-hybridized carbons (Fsp3) is 0.333. The lowest BCUT2D eigenvalue weighted by atomic mass is 9.88. The largest absolute Gasteiger partial charge is 0.338 e. The van der Waals surface area contributed by atoms with Crippen LogP contribution in [0.3, 0.4) is 0 Å². The van der Waals surface area contributed by atoms with Gasteiger partial charge in [-0.25, -0.2) is 4.98 Å². The summed E-state index contributed by atoms with van der Waals surface area (Å²) in [6.07, 6.45) is 3.30. The molecule has 0 unspecified atom stereocenters. The first kappa shape index (κ1) is 15.9. The molecule has 1 atom stereocenters. The number of benzene rings is 1. The molecule has 0 spiro atoms. The number of aryl methyl sites for hydroxylation is 1. The molecule has 0 aliphatic carbocycles. The minimum absolute atomic E-state index is 0.136. The van der Waals surface area contributed by atoms with Crippen LogP contribution < -0.4 is 0 Å². The maximum absolute atomic E-state index is 13.2. The smallest absolute Gasteiger partial charge is 0.254 e. The molecular weight excluding hydrogens is 315 g/mol. The van der Waals surface area contributed by atoms with E-state index < -0.39 is 5.95 Å². The van der Waals surface area contributed by atoms with Crippen LogP contribution in [0.4, 0.5) is 4.39 Å². The van der Waals surface area contributed by atoms with E-state index in [2.05, 4.69) is 4.98 Å². The van der Waals surface area contributed by atoms with Crippen LogP contribution in [0.2, 0.25) is 5.02 Å². The van der Waals surface area contributed by atoms with Gasteiger partial charge in [0.1, 0.15) is 0 Å². The highest BCUT2D eigenvalue weighted by Crippen LogP contribution is 2.31. The Morgan fingerprint density at radius 3 is 2.91 bits per heavy atom. The highest BCUT2D eigenvalue weighted by Gasteiger charge is 2.26. The maximum atomic E-state index is 13.2. The van der Waals surface area contributed by atoms with Gasteiger partial charge in [-0.2, -0.15) is 4.39 Å². The predicted molar refractivity (Wildman–Crippen MR) is 88.3 cm³/mol. The summed E-state index contributed by atoms with van der Waals surface area (Å²) < 4.78 is 13.2. The van der Waals surface area contributed by atoms with Crippen LogP contribution in [0.1, 0.15) is 40.2 Å². The fourth-order valence-corrected chi connectivity index (χ4v) is 3.46. The lowest BCUT2D eigenvalue weighted by molar-refractivity contribution is 0.0706. The molecule has 1 aliphatic heterocycles. The second kappa shape index (κ2) is 6.67. The van der Waals surface area contributed by atoms with Gasteiger partial charge < -0.3 is 4.90 Å². The number of carbonyl (C=O) groups is 1. The van der Waals surface area contributed by atoms with Gasteiger partial charge in [0.15, 0.2) is 0 Å². The molecule has 0 saturated carbocycles. The van der Waals surface area contributed by atoms with Crippen LogP contribution in [0, 0.1) is 12.9 Å². The number of pyridine rings is 1. The number of carbonyl (C=O) groups excluding carboxylic acids is 1. The standard InChI is InChI=1S/C18H18ClFN2O/c1-12-9-15(19)4-5-16(12)14-3-2-8-22(11-14)18(23)13-6-7-21-17(20)10-13/h4-7,9-10,14H,2-3,8,11H2,1H3/t14-/m1/s1. The average Bonchev–Trinajstić information content (AvgIpc) is 2.54. The highest BCUT2D eigenvalue weighted by molar-refractivity contribution is 6.30. The molecule has 1 saturated heterocycles. The lowest BCUT2D eigenvalue weighted by Gasteiger charge is -2.33. The van der Waals surface area contributed by atoms with E-state index in [4.69, 9.17) is 11.6 Å². The van der Waals surface area contributed by atoms with E-state index in [1.165, 1.54) is 17.8 Å². The van der Waals surface area contributed by atoms with Crippen molar-refractivity contribution in [2.75, 3.05) is 13.1 Å². The Labute approximate surface area is 140 Å². The van der Waals surface area contributed by atoms with Crippen molar-refractivity contribution in [3.05, 3.63) is 64.2 Å². The van der Waals surface area contributed by atoms with Crippen molar-refractivity contribution in [3.63, 3.8) is 0 Å². The highest BCUT2D eigenvalue weighted by atomic mass is 35.5. The van der Waals surface area contributed by atoms with Crippen molar-refractivity contribution in [2.45, 2.75) is 25.7 Å². The first-order valence-corrected chi connectivity index (χ1v) is 8.09. The van der Waals surface area contributed by atoms with Gasteiger partial charge in [-0.15, -0.1) is 0 Å². The molecule has 1 aromatic heterocycles. The van der Waals surface area contributed by atoms with E-state index in [0.717, 1.165) is 23.4 Å². The SMILES string of the molecule is Cc1cc(Cl)ccc1[C@@H]1CCCN(C(=O)c2ccnc(F)c2)C1. The number of halogens is 2. The minimum Gasteiger partial charge on any atom is -0.338 e. The Bertz CT molecular complexity index is 735. The molecule has 0 N–H and O–H groups in total. The number of rotatable bonds is 2. The second-order valence-corrected chi connectivity index (χ2v) is 6.39. The van der Waals surface area contributed by atoms with E-state index in [0.29, 0.717) is 18.7 Å². The Hall–Kier alpha value is -1.94. The van der Waals surface area contributed by atoms with E-state index in [9.17, 15) is 9.18 Å². The molecule has 23 heavy (non-hydrogen) atoms. The van der Waals surface area contributed by atoms with Crippen LogP contribution in [0.15, 0.2) is 36.5 Å². The van der Waals surface area contributed by atoms with Crippen LogP contribution in [0.5, 0.6) is 0 Å². The third-order valence-corrected chi connectivity index (χ3v) is 4.59. The summed E-state index contributed by atoms with van der Waals surface area (Å²) in [7, 11) is 0. The van der Waals surface area contributed by atoms with Crippen LogP contribution in [0.25, 0.3) is 0 Å². The number of nitrogens with zero attached hydrogens (tertiary/aromatic N) is 2. The average molecular weight is 333 g/mol. The third-order valence-electron chi connectivity index (χ3n) is 4.35. The van der Waals surface area contributed by atoms with Crippen molar-refractivity contribution >= 4 is 17.5 Å². The zero-order valence-corrected chi connectivity index (χ0v) is 13.7. The van der Waals surface area contributed by atoms with Crippen molar-refractivity contribution in [1.82, 2.24) is 9.88 Å².